The van der Waals surface area contributed by atoms with Gasteiger partial charge in [0.05, 0.1) is 6.07 Å². The molecule has 2 heteroatoms. The van der Waals surface area contributed by atoms with Crippen LogP contribution < -0.4 is 0 Å². The zero-order valence-corrected chi connectivity index (χ0v) is 5.86. The molecule has 0 spiro atoms. The molecule has 0 aliphatic rings. The Balaban J connectivity index is 2.97. The van der Waals surface area contributed by atoms with E-state index >= 15 is 0 Å². The average Bonchev–Trinajstić information content (AvgIpc) is 2.03. The molecule has 54 valence electrons. The van der Waals surface area contributed by atoms with Crippen LogP contribution in [-0.2, 0) is 0 Å². The zero-order chi connectivity index (χ0) is 8.10. The molecule has 0 atom stereocenters. The van der Waals surface area contributed by atoms with Crippen LogP contribution in [0.2, 0.25) is 0 Å². The third-order valence-corrected chi connectivity index (χ3v) is 1.27. The molecule has 1 rings (SSSR count). The first-order chi connectivity index (χ1) is 5.34. The first-order valence-corrected chi connectivity index (χ1v) is 3.19. The van der Waals surface area contributed by atoms with E-state index in [1.54, 1.807) is 30.3 Å². The van der Waals surface area contributed by atoms with E-state index in [4.69, 9.17) is 5.26 Å². The molecule has 1 N–H and O–H groups in total. The van der Waals surface area contributed by atoms with Gasteiger partial charge in [-0.3, -0.25) is 0 Å². The number of allylic oxidation sites excluding steroid dienone is 1. The molecule has 0 saturated carbocycles. The summed E-state index contributed by atoms with van der Waals surface area (Å²) in [5, 5.41) is 17.4. The summed E-state index contributed by atoms with van der Waals surface area (Å²) in [4.78, 5) is 0. The van der Waals surface area contributed by atoms with E-state index in [1.165, 1.54) is 6.08 Å². The Morgan fingerprint density at radius 1 is 1.36 bits per heavy atom. The van der Waals surface area contributed by atoms with Gasteiger partial charge in [0, 0.05) is 11.6 Å². The lowest BCUT2D eigenvalue weighted by atomic mass is 10.2. The normalized spacial score (nSPS) is 9.73. The highest BCUT2D eigenvalue weighted by atomic mass is 16.3. The molecule has 0 saturated heterocycles. The fraction of sp³-hybridized carbons (Fsp3) is 0. The summed E-state index contributed by atoms with van der Waals surface area (Å²) in [6, 6.07) is 8.71. The lowest BCUT2D eigenvalue weighted by Gasteiger charge is -1.94. The van der Waals surface area contributed by atoms with Crippen LogP contribution in [0.5, 0.6) is 5.75 Å². The van der Waals surface area contributed by atoms with Crippen LogP contribution in [0.25, 0.3) is 6.08 Å². The van der Waals surface area contributed by atoms with Crippen molar-refractivity contribution in [1.29, 1.82) is 5.26 Å². The van der Waals surface area contributed by atoms with Crippen molar-refractivity contribution in [2.75, 3.05) is 0 Å². The van der Waals surface area contributed by atoms with Crippen LogP contribution in [0.1, 0.15) is 5.56 Å². The van der Waals surface area contributed by atoms with Crippen LogP contribution in [0.4, 0.5) is 0 Å². The maximum atomic E-state index is 9.18. The van der Waals surface area contributed by atoms with Crippen LogP contribution in [0.15, 0.2) is 30.3 Å². The summed E-state index contributed by atoms with van der Waals surface area (Å²) in [6.45, 7) is 0. The number of para-hydroxylation sites is 1. The molecule has 0 bridgehead atoms. The lowest BCUT2D eigenvalue weighted by Crippen LogP contribution is -1.71. The minimum Gasteiger partial charge on any atom is -0.507 e. The number of nitrogens with zero attached hydrogens (tertiary/aromatic N) is 1. The topological polar surface area (TPSA) is 44.0 Å². The van der Waals surface area contributed by atoms with E-state index in [2.05, 4.69) is 0 Å². The van der Waals surface area contributed by atoms with Crippen LogP contribution >= 0.6 is 0 Å². The summed E-state index contributed by atoms with van der Waals surface area (Å²) < 4.78 is 0. The Labute approximate surface area is 65.0 Å². The monoisotopic (exact) mass is 145 g/mol. The molecule has 0 aliphatic carbocycles. The number of rotatable bonds is 1. The molecule has 0 fully saturated rings. The van der Waals surface area contributed by atoms with Gasteiger partial charge in [0.25, 0.3) is 0 Å². The average molecular weight is 145 g/mol. The Kier molecular flexibility index (Phi) is 2.29. The molecule has 0 aliphatic heterocycles. The van der Waals surface area contributed by atoms with Crippen molar-refractivity contribution in [3.63, 3.8) is 0 Å². The van der Waals surface area contributed by atoms with E-state index in [0.717, 1.165) is 0 Å². The van der Waals surface area contributed by atoms with Crippen molar-refractivity contribution in [2.24, 2.45) is 0 Å². The number of benzene rings is 1. The fourth-order valence-electron chi connectivity index (χ4n) is 0.756. The highest BCUT2D eigenvalue weighted by molar-refractivity contribution is 5.58. The SMILES string of the molecule is N#C/C=C/c1ccccc1O. The van der Waals surface area contributed by atoms with Gasteiger partial charge in [0.2, 0.25) is 0 Å². The highest BCUT2D eigenvalue weighted by Crippen LogP contribution is 2.16. The number of phenolic OH excluding ortho intramolecular Hbond substituents is 1. The van der Waals surface area contributed by atoms with Gasteiger partial charge < -0.3 is 5.11 Å². The second kappa shape index (κ2) is 3.43. The number of nitriles is 1. The third-order valence-electron chi connectivity index (χ3n) is 1.27. The quantitative estimate of drug-likeness (QED) is 0.613. The van der Waals surface area contributed by atoms with E-state index < -0.39 is 0 Å². The molecule has 1 aromatic carbocycles. The van der Waals surface area contributed by atoms with Gasteiger partial charge in [-0.15, -0.1) is 0 Å². The zero-order valence-electron chi connectivity index (χ0n) is 5.86. The first-order valence-electron chi connectivity index (χ1n) is 3.19. The fourth-order valence-corrected chi connectivity index (χ4v) is 0.756. The van der Waals surface area contributed by atoms with E-state index in [9.17, 15) is 5.11 Å². The predicted octanol–water partition coefficient (Wildman–Crippen LogP) is 1.93. The van der Waals surface area contributed by atoms with Crippen molar-refractivity contribution in [1.82, 2.24) is 0 Å². The Bertz CT molecular complexity index is 310. The molecular formula is C9H7NO. The molecule has 0 radical (unpaired) electrons. The second-order valence-electron chi connectivity index (χ2n) is 2.02. The standard InChI is InChI=1S/C9H7NO/c10-7-3-5-8-4-1-2-6-9(8)11/h1-6,11H/b5-3+. The van der Waals surface area contributed by atoms with Crippen molar-refractivity contribution in [2.45, 2.75) is 0 Å². The van der Waals surface area contributed by atoms with Gasteiger partial charge >= 0.3 is 0 Å². The number of phenols is 1. The molecule has 2 nitrogen and oxygen atoms in total. The molecule has 11 heavy (non-hydrogen) atoms. The second-order valence-corrected chi connectivity index (χ2v) is 2.02. The van der Waals surface area contributed by atoms with Crippen molar-refractivity contribution >= 4 is 6.08 Å². The molecule has 0 unspecified atom stereocenters. The molecule has 1 aromatic rings. The number of hydrogen-bond donors (Lipinski definition) is 1. The Hall–Kier alpha value is -1.75. The van der Waals surface area contributed by atoms with Gasteiger partial charge in [-0.2, -0.15) is 5.26 Å². The van der Waals surface area contributed by atoms with Gasteiger partial charge in [-0.1, -0.05) is 18.2 Å². The summed E-state index contributed by atoms with van der Waals surface area (Å²) in [6.07, 6.45) is 2.89. The predicted molar refractivity (Wildman–Crippen MR) is 42.8 cm³/mol. The molecule has 0 heterocycles. The maximum Gasteiger partial charge on any atom is 0.122 e. The lowest BCUT2D eigenvalue weighted by molar-refractivity contribution is 0.474. The molecular weight excluding hydrogens is 138 g/mol. The van der Waals surface area contributed by atoms with Crippen molar-refractivity contribution in [3.05, 3.63) is 35.9 Å². The molecule has 0 aromatic heterocycles. The van der Waals surface area contributed by atoms with Gasteiger partial charge in [0.15, 0.2) is 0 Å². The van der Waals surface area contributed by atoms with Crippen molar-refractivity contribution in [3.8, 4) is 11.8 Å². The Morgan fingerprint density at radius 3 is 2.73 bits per heavy atom. The van der Waals surface area contributed by atoms with Crippen LogP contribution in [0, 0.1) is 11.3 Å². The van der Waals surface area contributed by atoms with Crippen LogP contribution in [-0.4, -0.2) is 5.11 Å². The number of hydrogen-bond acceptors (Lipinski definition) is 2. The van der Waals surface area contributed by atoms with Gasteiger partial charge in [-0.05, 0) is 12.1 Å². The smallest absolute Gasteiger partial charge is 0.122 e. The minimum atomic E-state index is 0.194. The van der Waals surface area contributed by atoms with Crippen molar-refractivity contribution < 1.29 is 5.11 Å². The third kappa shape index (κ3) is 1.84. The van der Waals surface area contributed by atoms with E-state index in [0.29, 0.717) is 5.56 Å². The molecule has 0 amide bonds. The summed E-state index contributed by atoms with van der Waals surface area (Å²) in [5.41, 5.74) is 0.661. The van der Waals surface area contributed by atoms with Crippen LogP contribution in [0.3, 0.4) is 0 Å². The summed E-state index contributed by atoms with van der Waals surface area (Å²) in [5.74, 6) is 0.194. The van der Waals surface area contributed by atoms with Gasteiger partial charge in [-0.25, -0.2) is 0 Å². The highest BCUT2D eigenvalue weighted by Gasteiger charge is 1.91. The summed E-state index contributed by atoms with van der Waals surface area (Å²) in [7, 11) is 0. The maximum absolute atomic E-state index is 9.18. The van der Waals surface area contributed by atoms with Gasteiger partial charge in [0.1, 0.15) is 5.75 Å². The summed E-state index contributed by atoms with van der Waals surface area (Å²) >= 11 is 0. The van der Waals surface area contributed by atoms with E-state index in [-0.39, 0.29) is 5.75 Å². The minimum absolute atomic E-state index is 0.194. The van der Waals surface area contributed by atoms with E-state index in [1.807, 2.05) is 6.07 Å². The Morgan fingerprint density at radius 2 is 2.09 bits per heavy atom. The largest absolute Gasteiger partial charge is 0.507 e. The first kappa shape index (κ1) is 7.36. The number of aromatic hydroxyl groups is 1.